The lowest BCUT2D eigenvalue weighted by Crippen LogP contribution is -1.88. The number of halogens is 1. The molecule has 4 nitrogen and oxygen atoms in total. The lowest BCUT2D eigenvalue weighted by atomic mass is 10.6. The van der Waals surface area contributed by atoms with Crippen LogP contribution in [0.2, 0.25) is 0 Å². The van der Waals surface area contributed by atoms with Gasteiger partial charge in [0.15, 0.2) is 9.34 Å². The number of aromatic nitrogens is 1. The first kappa shape index (κ1) is 9.76. The summed E-state index contributed by atoms with van der Waals surface area (Å²) in [5, 5.41) is 3.29. The summed E-state index contributed by atoms with van der Waals surface area (Å²) < 4.78 is 21.9. The molecule has 1 aromatic heterocycles. The van der Waals surface area contributed by atoms with E-state index < -0.39 is 9.05 Å². The first-order valence-electron chi connectivity index (χ1n) is 3.05. The number of hydrogen-bond donors (Lipinski definition) is 1. The maximum atomic E-state index is 10.9. The second-order valence-electron chi connectivity index (χ2n) is 2.08. The van der Waals surface area contributed by atoms with Crippen molar-refractivity contribution in [3.05, 3.63) is 5.69 Å². The van der Waals surface area contributed by atoms with Crippen molar-refractivity contribution in [1.29, 1.82) is 0 Å². The zero-order chi connectivity index (χ0) is 9.35. The van der Waals surface area contributed by atoms with Gasteiger partial charge in [0.2, 0.25) is 0 Å². The highest BCUT2D eigenvalue weighted by Gasteiger charge is 2.18. The Morgan fingerprint density at radius 3 is 2.42 bits per heavy atom. The fourth-order valence-corrected chi connectivity index (χ4v) is 3.02. The average molecular weight is 227 g/mol. The molecule has 0 amide bonds. The van der Waals surface area contributed by atoms with Crippen LogP contribution < -0.4 is 5.32 Å². The Morgan fingerprint density at radius 1 is 1.58 bits per heavy atom. The van der Waals surface area contributed by atoms with Crippen molar-refractivity contribution in [2.24, 2.45) is 0 Å². The van der Waals surface area contributed by atoms with Crippen molar-refractivity contribution in [2.45, 2.75) is 11.1 Å². The molecule has 0 saturated heterocycles. The number of rotatable bonds is 2. The molecule has 0 aliphatic carbocycles. The Morgan fingerprint density at radius 2 is 2.17 bits per heavy atom. The Hall–Kier alpha value is -0.330. The van der Waals surface area contributed by atoms with Crippen LogP contribution in [-0.4, -0.2) is 20.4 Å². The van der Waals surface area contributed by atoms with E-state index in [1.807, 2.05) is 0 Å². The monoisotopic (exact) mass is 226 g/mol. The first-order chi connectivity index (χ1) is 5.45. The zero-order valence-corrected chi connectivity index (χ0v) is 8.85. The van der Waals surface area contributed by atoms with Crippen LogP contribution in [0.5, 0.6) is 0 Å². The Kier molecular flexibility index (Phi) is 2.60. The molecule has 0 saturated carbocycles. The molecule has 1 N–H and O–H groups in total. The minimum absolute atomic E-state index is 0.105. The molecule has 0 bridgehead atoms. The summed E-state index contributed by atoms with van der Waals surface area (Å²) in [4.78, 5) is 3.94. The molecular weight excluding hydrogens is 220 g/mol. The fourth-order valence-electron chi connectivity index (χ4n) is 0.716. The van der Waals surface area contributed by atoms with E-state index in [-0.39, 0.29) is 4.21 Å². The quantitative estimate of drug-likeness (QED) is 0.775. The molecule has 1 rings (SSSR count). The van der Waals surface area contributed by atoms with Crippen molar-refractivity contribution in [3.63, 3.8) is 0 Å². The standard InChI is InChI=1S/C5H7ClN2O2S2/c1-3-4(12(6,9)10)11-5(7-2)8-3/h1-2H3,(H,7,8). The summed E-state index contributed by atoms with van der Waals surface area (Å²) in [7, 11) is 3.18. The van der Waals surface area contributed by atoms with E-state index >= 15 is 0 Å². The SMILES string of the molecule is CNc1nc(C)c(S(=O)(=O)Cl)s1. The van der Waals surface area contributed by atoms with Gasteiger partial charge in [-0.15, -0.1) is 0 Å². The topological polar surface area (TPSA) is 59.1 Å². The van der Waals surface area contributed by atoms with Gasteiger partial charge in [-0.2, -0.15) is 0 Å². The van der Waals surface area contributed by atoms with Crippen LogP contribution >= 0.6 is 22.0 Å². The van der Waals surface area contributed by atoms with Gasteiger partial charge in [0.05, 0.1) is 5.69 Å². The van der Waals surface area contributed by atoms with E-state index in [0.29, 0.717) is 10.8 Å². The van der Waals surface area contributed by atoms with Crippen molar-refractivity contribution in [1.82, 2.24) is 4.98 Å². The largest absolute Gasteiger partial charge is 0.365 e. The molecule has 0 spiro atoms. The van der Waals surface area contributed by atoms with Crippen molar-refractivity contribution in [2.75, 3.05) is 12.4 Å². The van der Waals surface area contributed by atoms with Gasteiger partial charge < -0.3 is 5.32 Å². The molecule has 0 aromatic carbocycles. The van der Waals surface area contributed by atoms with Crippen LogP contribution in [0.3, 0.4) is 0 Å². The molecule has 0 aliphatic rings. The van der Waals surface area contributed by atoms with Gasteiger partial charge >= 0.3 is 0 Å². The molecule has 0 radical (unpaired) electrons. The fraction of sp³-hybridized carbons (Fsp3) is 0.400. The third-order valence-electron chi connectivity index (χ3n) is 1.19. The molecular formula is C5H7ClN2O2S2. The van der Waals surface area contributed by atoms with Crippen LogP contribution in [0.25, 0.3) is 0 Å². The molecule has 0 unspecified atom stereocenters. The number of nitrogens with one attached hydrogen (secondary N) is 1. The molecule has 12 heavy (non-hydrogen) atoms. The first-order valence-corrected chi connectivity index (χ1v) is 6.17. The Balaban J connectivity index is 3.27. The third kappa shape index (κ3) is 1.88. The van der Waals surface area contributed by atoms with Gasteiger partial charge in [-0.25, -0.2) is 13.4 Å². The lowest BCUT2D eigenvalue weighted by molar-refractivity contribution is 0.610. The van der Waals surface area contributed by atoms with Gasteiger partial charge in [0.25, 0.3) is 9.05 Å². The van der Waals surface area contributed by atoms with Crippen molar-refractivity contribution >= 4 is 36.2 Å². The maximum absolute atomic E-state index is 10.9. The number of anilines is 1. The predicted molar refractivity (Wildman–Crippen MR) is 49.4 cm³/mol. The summed E-state index contributed by atoms with van der Waals surface area (Å²) in [6.07, 6.45) is 0. The van der Waals surface area contributed by atoms with Gasteiger partial charge in [0, 0.05) is 17.7 Å². The lowest BCUT2D eigenvalue weighted by Gasteiger charge is -1.87. The van der Waals surface area contributed by atoms with Crippen LogP contribution in [0.4, 0.5) is 5.13 Å². The van der Waals surface area contributed by atoms with Gasteiger partial charge in [0.1, 0.15) is 0 Å². The van der Waals surface area contributed by atoms with Crippen LogP contribution in [0.15, 0.2) is 4.21 Å². The molecule has 1 aromatic rings. The zero-order valence-electron chi connectivity index (χ0n) is 6.46. The van der Waals surface area contributed by atoms with Gasteiger partial charge in [-0.3, -0.25) is 0 Å². The van der Waals surface area contributed by atoms with E-state index in [9.17, 15) is 8.42 Å². The summed E-state index contributed by atoms with van der Waals surface area (Å²) >= 11 is 1.02. The maximum Gasteiger partial charge on any atom is 0.272 e. The molecule has 0 atom stereocenters. The highest BCUT2D eigenvalue weighted by atomic mass is 35.7. The normalized spacial score (nSPS) is 11.6. The van der Waals surface area contributed by atoms with Crippen LogP contribution in [0, 0.1) is 6.92 Å². The van der Waals surface area contributed by atoms with E-state index in [1.165, 1.54) is 0 Å². The second-order valence-corrected chi connectivity index (χ2v) is 5.84. The van der Waals surface area contributed by atoms with Crippen molar-refractivity contribution in [3.8, 4) is 0 Å². The second kappa shape index (κ2) is 3.20. The average Bonchev–Trinajstić information content (AvgIpc) is 2.29. The summed E-state index contributed by atoms with van der Waals surface area (Å²) in [6.45, 7) is 1.60. The highest BCUT2D eigenvalue weighted by Crippen LogP contribution is 2.29. The van der Waals surface area contributed by atoms with E-state index in [0.717, 1.165) is 11.3 Å². The van der Waals surface area contributed by atoms with E-state index in [2.05, 4.69) is 10.3 Å². The smallest absolute Gasteiger partial charge is 0.272 e. The van der Waals surface area contributed by atoms with Gasteiger partial charge in [-0.1, -0.05) is 11.3 Å². The minimum atomic E-state index is -3.63. The number of aryl methyl sites for hydroxylation is 1. The number of hydrogen-bond acceptors (Lipinski definition) is 5. The third-order valence-corrected chi connectivity index (χ3v) is 4.54. The van der Waals surface area contributed by atoms with E-state index in [4.69, 9.17) is 10.7 Å². The minimum Gasteiger partial charge on any atom is -0.365 e. The molecule has 68 valence electrons. The Labute approximate surface area is 79.0 Å². The molecule has 0 aliphatic heterocycles. The molecule has 7 heteroatoms. The Bertz CT molecular complexity index is 384. The summed E-state index contributed by atoms with van der Waals surface area (Å²) in [6, 6.07) is 0. The number of nitrogens with zero attached hydrogens (tertiary/aromatic N) is 1. The highest BCUT2D eigenvalue weighted by molar-refractivity contribution is 8.15. The van der Waals surface area contributed by atoms with Crippen LogP contribution in [0.1, 0.15) is 5.69 Å². The van der Waals surface area contributed by atoms with Crippen molar-refractivity contribution < 1.29 is 8.42 Å². The molecule has 1 heterocycles. The molecule has 0 fully saturated rings. The van der Waals surface area contributed by atoms with E-state index in [1.54, 1.807) is 14.0 Å². The summed E-state index contributed by atoms with van der Waals surface area (Å²) in [5.41, 5.74) is 0.430. The summed E-state index contributed by atoms with van der Waals surface area (Å²) in [5.74, 6) is 0. The number of thiazole rings is 1. The van der Waals surface area contributed by atoms with Gasteiger partial charge in [-0.05, 0) is 6.92 Å². The predicted octanol–water partition coefficient (Wildman–Crippen LogP) is 1.42. The van der Waals surface area contributed by atoms with Crippen LogP contribution in [-0.2, 0) is 9.05 Å².